The van der Waals surface area contributed by atoms with Crippen LogP contribution >= 0.6 is 0 Å². The molecular weight excluding hydrogens is 328 g/mol. The summed E-state index contributed by atoms with van der Waals surface area (Å²) in [5.74, 6) is 2.51. The molecule has 0 aliphatic carbocycles. The van der Waals surface area contributed by atoms with Gasteiger partial charge in [0.1, 0.15) is 6.10 Å². The first-order chi connectivity index (χ1) is 12.5. The molecule has 0 amide bonds. The van der Waals surface area contributed by atoms with Crippen LogP contribution in [-0.4, -0.2) is 29.8 Å². The normalized spacial score (nSPS) is 22.1. The van der Waals surface area contributed by atoms with Gasteiger partial charge in [-0.1, -0.05) is 12.1 Å². The maximum Gasteiger partial charge on any atom is 0.231 e. The van der Waals surface area contributed by atoms with Crippen molar-refractivity contribution in [3.05, 3.63) is 52.8 Å². The highest BCUT2D eigenvalue weighted by molar-refractivity contribution is 5.79. The van der Waals surface area contributed by atoms with E-state index in [2.05, 4.69) is 50.0 Å². The third kappa shape index (κ3) is 3.14. The molecule has 0 bridgehead atoms. The lowest BCUT2D eigenvalue weighted by atomic mass is 9.87. The fraction of sp³-hybridized carbons (Fsp3) is 0.429. The van der Waals surface area contributed by atoms with E-state index in [-0.39, 0.29) is 24.9 Å². The summed E-state index contributed by atoms with van der Waals surface area (Å²) in [7, 11) is 0. The van der Waals surface area contributed by atoms with Crippen LogP contribution in [0.15, 0.2) is 35.3 Å². The zero-order valence-electron chi connectivity index (χ0n) is 15.7. The Labute approximate surface area is 154 Å². The maximum atomic E-state index is 5.98. The first-order valence-corrected chi connectivity index (χ1v) is 9.08. The summed E-state index contributed by atoms with van der Waals surface area (Å²) in [5.41, 5.74) is 4.40. The van der Waals surface area contributed by atoms with E-state index in [1.807, 2.05) is 13.0 Å². The van der Waals surface area contributed by atoms with Crippen LogP contribution in [0.4, 0.5) is 0 Å². The van der Waals surface area contributed by atoms with Crippen molar-refractivity contribution in [2.24, 2.45) is 4.99 Å². The van der Waals surface area contributed by atoms with Crippen LogP contribution in [0.5, 0.6) is 11.5 Å². The standard InChI is InChI=1S/C21H24N2O3/c1-12-5-7-17(14(3)22-12)18(10-21-23-13(2)15(4)26-21)16-6-8-19-20(9-16)25-11-24-19/h5-9,13,15,18H,10-11H2,1-4H3/t13?,15?,18-/m0/s1. The summed E-state index contributed by atoms with van der Waals surface area (Å²) in [6, 6.07) is 10.6. The predicted molar refractivity (Wildman–Crippen MR) is 100 cm³/mol. The molecule has 4 rings (SSSR count). The molecule has 0 fully saturated rings. The lowest BCUT2D eigenvalue weighted by Crippen LogP contribution is -2.16. The highest BCUT2D eigenvalue weighted by atomic mass is 16.7. The number of nitrogens with zero attached hydrogens (tertiary/aromatic N) is 2. The third-order valence-electron chi connectivity index (χ3n) is 5.17. The number of rotatable bonds is 4. The summed E-state index contributed by atoms with van der Waals surface area (Å²) < 4.78 is 17.0. The number of hydrogen-bond acceptors (Lipinski definition) is 5. The van der Waals surface area contributed by atoms with Crippen molar-refractivity contribution < 1.29 is 14.2 Å². The Kier molecular flexibility index (Phi) is 4.31. The van der Waals surface area contributed by atoms with Gasteiger partial charge in [-0.25, -0.2) is 4.99 Å². The van der Waals surface area contributed by atoms with E-state index in [1.165, 1.54) is 5.56 Å². The van der Waals surface area contributed by atoms with E-state index in [0.717, 1.165) is 34.3 Å². The van der Waals surface area contributed by atoms with Gasteiger partial charge in [-0.2, -0.15) is 0 Å². The van der Waals surface area contributed by atoms with Crippen molar-refractivity contribution >= 4 is 5.90 Å². The van der Waals surface area contributed by atoms with Crippen LogP contribution in [0.2, 0.25) is 0 Å². The van der Waals surface area contributed by atoms with E-state index in [1.54, 1.807) is 0 Å². The van der Waals surface area contributed by atoms with Crippen LogP contribution in [-0.2, 0) is 4.74 Å². The summed E-state index contributed by atoms with van der Waals surface area (Å²) in [4.78, 5) is 9.36. The number of aliphatic imine (C=N–C) groups is 1. The van der Waals surface area contributed by atoms with Gasteiger partial charge in [-0.15, -0.1) is 0 Å². The topological polar surface area (TPSA) is 52.9 Å². The molecule has 2 aliphatic rings. The molecular formula is C21H24N2O3. The Morgan fingerprint density at radius 2 is 1.88 bits per heavy atom. The van der Waals surface area contributed by atoms with E-state index < -0.39 is 0 Å². The predicted octanol–water partition coefficient (Wildman–Crippen LogP) is 4.15. The second kappa shape index (κ2) is 6.63. The Bertz CT molecular complexity index is 862. The second-order valence-electron chi connectivity index (χ2n) is 7.08. The zero-order chi connectivity index (χ0) is 18.3. The van der Waals surface area contributed by atoms with Crippen molar-refractivity contribution in [1.82, 2.24) is 4.98 Å². The molecule has 0 N–H and O–H groups in total. The molecule has 0 saturated carbocycles. The Morgan fingerprint density at radius 3 is 2.62 bits per heavy atom. The molecule has 2 unspecified atom stereocenters. The number of aromatic nitrogens is 1. The van der Waals surface area contributed by atoms with Crippen LogP contribution < -0.4 is 9.47 Å². The van der Waals surface area contributed by atoms with Crippen LogP contribution in [0, 0.1) is 13.8 Å². The molecule has 1 aromatic carbocycles. The van der Waals surface area contributed by atoms with Gasteiger partial charge in [-0.3, -0.25) is 4.98 Å². The monoisotopic (exact) mass is 352 g/mol. The quantitative estimate of drug-likeness (QED) is 0.829. The van der Waals surface area contributed by atoms with Crippen molar-refractivity contribution in [2.45, 2.75) is 52.2 Å². The number of aryl methyl sites for hydroxylation is 2. The molecule has 3 heterocycles. The van der Waals surface area contributed by atoms with Crippen molar-refractivity contribution in [3.63, 3.8) is 0 Å². The van der Waals surface area contributed by atoms with Gasteiger partial charge in [-0.05, 0) is 57.0 Å². The smallest absolute Gasteiger partial charge is 0.231 e. The number of pyridine rings is 1. The molecule has 5 nitrogen and oxygen atoms in total. The minimum Gasteiger partial charge on any atom is -0.476 e. The van der Waals surface area contributed by atoms with E-state index >= 15 is 0 Å². The highest BCUT2D eigenvalue weighted by Gasteiger charge is 2.28. The molecule has 3 atom stereocenters. The van der Waals surface area contributed by atoms with E-state index in [4.69, 9.17) is 19.2 Å². The van der Waals surface area contributed by atoms with Gasteiger partial charge in [0.2, 0.25) is 6.79 Å². The molecule has 5 heteroatoms. The SMILES string of the molecule is Cc1ccc([C@@H](CC2=NC(C)C(C)O2)c2ccc3c(c2)OCO3)c(C)n1. The van der Waals surface area contributed by atoms with Crippen LogP contribution in [0.25, 0.3) is 0 Å². The lowest BCUT2D eigenvalue weighted by Gasteiger charge is -2.20. The molecule has 2 aromatic rings. The molecule has 26 heavy (non-hydrogen) atoms. The Balaban J connectivity index is 1.73. The Morgan fingerprint density at radius 1 is 1.08 bits per heavy atom. The van der Waals surface area contributed by atoms with E-state index in [9.17, 15) is 0 Å². The highest BCUT2D eigenvalue weighted by Crippen LogP contribution is 2.39. The first kappa shape index (κ1) is 16.9. The Hall–Kier alpha value is -2.56. The number of ether oxygens (including phenoxy) is 3. The van der Waals surface area contributed by atoms with Gasteiger partial charge in [0.25, 0.3) is 0 Å². The largest absolute Gasteiger partial charge is 0.476 e. The molecule has 0 saturated heterocycles. The van der Waals surface area contributed by atoms with Crippen molar-refractivity contribution in [1.29, 1.82) is 0 Å². The average Bonchev–Trinajstić information content (AvgIpc) is 3.19. The molecule has 1 aromatic heterocycles. The molecule has 0 spiro atoms. The number of hydrogen-bond donors (Lipinski definition) is 0. The van der Waals surface area contributed by atoms with Gasteiger partial charge >= 0.3 is 0 Å². The fourth-order valence-corrected chi connectivity index (χ4v) is 3.55. The average molecular weight is 352 g/mol. The number of benzene rings is 1. The van der Waals surface area contributed by atoms with E-state index in [0.29, 0.717) is 6.42 Å². The zero-order valence-corrected chi connectivity index (χ0v) is 15.7. The fourth-order valence-electron chi connectivity index (χ4n) is 3.55. The van der Waals surface area contributed by atoms with Gasteiger partial charge in [0.05, 0.1) is 6.04 Å². The lowest BCUT2D eigenvalue weighted by molar-refractivity contribution is 0.174. The molecule has 136 valence electrons. The summed E-state index contributed by atoms with van der Waals surface area (Å²) in [5, 5.41) is 0. The number of fused-ring (bicyclic) bond motifs is 1. The van der Waals surface area contributed by atoms with Gasteiger partial charge in [0.15, 0.2) is 17.4 Å². The molecule has 0 radical (unpaired) electrons. The summed E-state index contributed by atoms with van der Waals surface area (Å²) in [6.07, 6.45) is 0.833. The second-order valence-corrected chi connectivity index (χ2v) is 7.08. The van der Waals surface area contributed by atoms with Crippen LogP contribution in [0.3, 0.4) is 0 Å². The maximum absolute atomic E-state index is 5.98. The summed E-state index contributed by atoms with van der Waals surface area (Å²) in [6.45, 7) is 8.51. The first-order valence-electron chi connectivity index (χ1n) is 9.08. The van der Waals surface area contributed by atoms with Gasteiger partial charge in [0, 0.05) is 23.7 Å². The summed E-state index contributed by atoms with van der Waals surface area (Å²) >= 11 is 0. The molecule has 2 aliphatic heterocycles. The van der Waals surface area contributed by atoms with Crippen LogP contribution in [0.1, 0.15) is 48.7 Å². The third-order valence-corrected chi connectivity index (χ3v) is 5.17. The van der Waals surface area contributed by atoms with Crippen molar-refractivity contribution in [3.8, 4) is 11.5 Å². The van der Waals surface area contributed by atoms with Gasteiger partial charge < -0.3 is 14.2 Å². The minimum atomic E-state index is 0.105. The van der Waals surface area contributed by atoms with Crippen molar-refractivity contribution in [2.75, 3.05) is 6.79 Å². The minimum absolute atomic E-state index is 0.105.